The number of carbonyl (C=O) groups excluding carboxylic acids is 1. The van der Waals surface area contributed by atoms with Crippen LogP contribution in [0, 0.1) is 0 Å². The zero-order valence-electron chi connectivity index (χ0n) is 11.5. The minimum absolute atomic E-state index is 0.471. The lowest BCUT2D eigenvalue weighted by Gasteiger charge is -2.22. The first-order chi connectivity index (χ1) is 9.31. The molecule has 0 aliphatic rings. The Hall–Kier alpha value is -1.53. The molecule has 0 aliphatic heterocycles. The molecule has 0 aliphatic carbocycles. The van der Waals surface area contributed by atoms with E-state index in [9.17, 15) is 4.79 Å². The molecule has 0 spiro atoms. The molecule has 6 nitrogen and oxygen atoms in total. The Balaban J connectivity index is 2.60. The van der Waals surface area contributed by atoms with Gasteiger partial charge in [-0.1, -0.05) is 0 Å². The molecule has 6 heteroatoms. The van der Waals surface area contributed by atoms with Gasteiger partial charge in [0.05, 0.1) is 18.8 Å². The summed E-state index contributed by atoms with van der Waals surface area (Å²) in [6, 6.07) is 0. The lowest BCUT2D eigenvalue weighted by Crippen LogP contribution is -2.32. The molecule has 0 aromatic carbocycles. The van der Waals surface area contributed by atoms with Crippen LogP contribution in [0.3, 0.4) is 0 Å². The highest BCUT2D eigenvalue weighted by Crippen LogP contribution is 2.06. The first kappa shape index (κ1) is 15.5. The second-order valence-corrected chi connectivity index (χ2v) is 3.82. The van der Waals surface area contributed by atoms with Crippen molar-refractivity contribution in [1.29, 1.82) is 0 Å². The average Bonchev–Trinajstić information content (AvgIpc) is 2.46. The number of nitrogens with zero attached hydrogens (tertiary/aromatic N) is 3. The second-order valence-electron chi connectivity index (χ2n) is 3.82. The van der Waals surface area contributed by atoms with Crippen molar-refractivity contribution in [2.75, 3.05) is 44.4 Å². The Morgan fingerprint density at radius 1 is 1.11 bits per heavy atom. The fourth-order valence-electron chi connectivity index (χ4n) is 1.51. The van der Waals surface area contributed by atoms with Gasteiger partial charge < -0.3 is 14.4 Å². The Morgan fingerprint density at radius 2 is 1.63 bits per heavy atom. The van der Waals surface area contributed by atoms with Gasteiger partial charge in [-0.3, -0.25) is 4.79 Å². The quantitative estimate of drug-likeness (QED) is 0.468. The first-order valence-electron chi connectivity index (χ1n) is 6.49. The lowest BCUT2D eigenvalue weighted by atomic mass is 10.4. The van der Waals surface area contributed by atoms with E-state index in [0.29, 0.717) is 51.0 Å². The van der Waals surface area contributed by atoms with Gasteiger partial charge in [0.1, 0.15) is 0 Å². The van der Waals surface area contributed by atoms with E-state index < -0.39 is 0 Å². The normalized spacial score (nSPS) is 10.4. The summed E-state index contributed by atoms with van der Waals surface area (Å²) in [6.45, 7) is 7.90. The van der Waals surface area contributed by atoms with E-state index in [2.05, 4.69) is 9.97 Å². The first-order valence-corrected chi connectivity index (χ1v) is 6.49. The van der Waals surface area contributed by atoms with Crippen molar-refractivity contribution in [3.05, 3.63) is 18.0 Å². The monoisotopic (exact) mass is 267 g/mol. The maximum Gasteiger partial charge on any atom is 0.225 e. The van der Waals surface area contributed by atoms with Crippen LogP contribution in [0.25, 0.3) is 0 Å². The molecular formula is C13H21N3O3. The van der Waals surface area contributed by atoms with Crippen LogP contribution in [0.15, 0.2) is 12.4 Å². The highest BCUT2D eigenvalue weighted by Gasteiger charge is 2.09. The topological polar surface area (TPSA) is 64.6 Å². The molecule has 0 radical (unpaired) electrons. The summed E-state index contributed by atoms with van der Waals surface area (Å²) in [5, 5.41) is 0. The number of rotatable bonds is 10. The van der Waals surface area contributed by atoms with Crippen LogP contribution in [0.2, 0.25) is 0 Å². The minimum Gasteiger partial charge on any atom is -0.380 e. The molecule has 0 saturated carbocycles. The molecule has 0 fully saturated rings. The maximum atomic E-state index is 10.6. The SMILES string of the molecule is CCOCCN(CCOCC)c1ncc(C=O)cn1. The molecule has 0 N–H and O–H groups in total. The van der Waals surface area contributed by atoms with Gasteiger partial charge in [0, 0.05) is 38.7 Å². The van der Waals surface area contributed by atoms with Crippen LogP contribution in [-0.2, 0) is 9.47 Å². The van der Waals surface area contributed by atoms with Crippen LogP contribution in [0.1, 0.15) is 24.2 Å². The zero-order valence-corrected chi connectivity index (χ0v) is 11.5. The number of ether oxygens (including phenoxy) is 2. The summed E-state index contributed by atoms with van der Waals surface area (Å²) in [5.41, 5.74) is 0.471. The number of hydrogen-bond donors (Lipinski definition) is 0. The maximum absolute atomic E-state index is 10.6. The van der Waals surface area contributed by atoms with Crippen molar-refractivity contribution < 1.29 is 14.3 Å². The molecule has 0 bridgehead atoms. The zero-order chi connectivity index (χ0) is 13.9. The van der Waals surface area contributed by atoms with Gasteiger partial charge in [0.2, 0.25) is 5.95 Å². The number of aldehydes is 1. The summed E-state index contributed by atoms with van der Waals surface area (Å²) in [7, 11) is 0. The summed E-state index contributed by atoms with van der Waals surface area (Å²) in [6.07, 6.45) is 3.77. The van der Waals surface area contributed by atoms with Crippen LogP contribution in [0.4, 0.5) is 5.95 Å². The van der Waals surface area contributed by atoms with Crippen molar-refractivity contribution in [1.82, 2.24) is 9.97 Å². The van der Waals surface area contributed by atoms with Gasteiger partial charge in [-0.15, -0.1) is 0 Å². The number of anilines is 1. The van der Waals surface area contributed by atoms with E-state index in [1.165, 1.54) is 12.4 Å². The van der Waals surface area contributed by atoms with Gasteiger partial charge >= 0.3 is 0 Å². The van der Waals surface area contributed by atoms with Gasteiger partial charge in [-0.05, 0) is 13.8 Å². The van der Waals surface area contributed by atoms with Crippen molar-refractivity contribution in [3.8, 4) is 0 Å². The molecule has 0 amide bonds. The van der Waals surface area contributed by atoms with E-state index in [-0.39, 0.29) is 0 Å². The van der Waals surface area contributed by atoms with Crippen molar-refractivity contribution >= 4 is 12.2 Å². The third kappa shape index (κ3) is 5.76. The molecule has 19 heavy (non-hydrogen) atoms. The smallest absolute Gasteiger partial charge is 0.225 e. The highest BCUT2D eigenvalue weighted by atomic mass is 16.5. The largest absolute Gasteiger partial charge is 0.380 e. The van der Waals surface area contributed by atoms with Crippen LogP contribution in [0.5, 0.6) is 0 Å². The predicted molar refractivity (Wildman–Crippen MR) is 72.6 cm³/mol. The van der Waals surface area contributed by atoms with Crippen molar-refractivity contribution in [2.24, 2.45) is 0 Å². The van der Waals surface area contributed by atoms with Crippen molar-refractivity contribution in [2.45, 2.75) is 13.8 Å². The second kappa shape index (κ2) is 9.41. The number of carbonyl (C=O) groups is 1. The lowest BCUT2D eigenvalue weighted by molar-refractivity contribution is 0.112. The molecule has 0 atom stereocenters. The molecule has 1 heterocycles. The van der Waals surface area contributed by atoms with Crippen molar-refractivity contribution in [3.63, 3.8) is 0 Å². The molecule has 1 rings (SSSR count). The number of hydrogen-bond acceptors (Lipinski definition) is 6. The van der Waals surface area contributed by atoms with Gasteiger partial charge in [-0.25, -0.2) is 9.97 Å². The van der Waals surface area contributed by atoms with Gasteiger partial charge in [-0.2, -0.15) is 0 Å². The third-order valence-electron chi connectivity index (χ3n) is 2.50. The fraction of sp³-hybridized carbons (Fsp3) is 0.615. The molecule has 1 aromatic heterocycles. The van der Waals surface area contributed by atoms with E-state index in [4.69, 9.17) is 9.47 Å². The van der Waals surface area contributed by atoms with E-state index in [1.807, 2.05) is 18.7 Å². The van der Waals surface area contributed by atoms with E-state index in [1.54, 1.807) is 0 Å². The predicted octanol–water partition coefficient (Wildman–Crippen LogP) is 1.17. The molecule has 106 valence electrons. The van der Waals surface area contributed by atoms with Crippen LogP contribution >= 0.6 is 0 Å². The molecule has 1 aromatic rings. The van der Waals surface area contributed by atoms with E-state index >= 15 is 0 Å². The molecule has 0 saturated heterocycles. The Kier molecular flexibility index (Phi) is 7.69. The Morgan fingerprint density at radius 3 is 2.05 bits per heavy atom. The Bertz CT molecular complexity index is 347. The highest BCUT2D eigenvalue weighted by molar-refractivity contribution is 5.73. The summed E-state index contributed by atoms with van der Waals surface area (Å²) in [4.78, 5) is 20.9. The Labute approximate surface area is 113 Å². The summed E-state index contributed by atoms with van der Waals surface area (Å²) < 4.78 is 10.7. The average molecular weight is 267 g/mol. The van der Waals surface area contributed by atoms with Crippen LogP contribution in [-0.4, -0.2) is 55.8 Å². The van der Waals surface area contributed by atoms with E-state index in [0.717, 1.165) is 6.29 Å². The number of aromatic nitrogens is 2. The van der Waals surface area contributed by atoms with Gasteiger partial charge in [0.25, 0.3) is 0 Å². The molecule has 0 unspecified atom stereocenters. The molecular weight excluding hydrogens is 246 g/mol. The summed E-state index contributed by atoms with van der Waals surface area (Å²) >= 11 is 0. The third-order valence-corrected chi connectivity index (χ3v) is 2.50. The standard InChI is InChI=1S/C13H21N3O3/c1-3-18-7-5-16(6-8-19-4-2)13-14-9-12(11-17)10-15-13/h9-11H,3-8H2,1-2H3. The van der Waals surface area contributed by atoms with Gasteiger partial charge in [0.15, 0.2) is 6.29 Å². The van der Waals surface area contributed by atoms with Crippen LogP contribution < -0.4 is 4.90 Å². The summed E-state index contributed by atoms with van der Waals surface area (Å²) in [5.74, 6) is 0.588. The fourth-order valence-corrected chi connectivity index (χ4v) is 1.51. The minimum atomic E-state index is 0.471.